The van der Waals surface area contributed by atoms with E-state index in [1.165, 1.54) is 16.7 Å². The highest BCUT2D eigenvalue weighted by Gasteiger charge is 2.28. The molecule has 1 fully saturated rings. The van der Waals surface area contributed by atoms with Crippen molar-refractivity contribution in [2.75, 3.05) is 25.5 Å². The molecular formula is C27H27N3O3S. The number of amides is 2. The predicted octanol–water partition coefficient (Wildman–Crippen LogP) is 5.50. The fourth-order valence-corrected chi connectivity index (χ4v) is 5.61. The second-order valence-corrected chi connectivity index (χ2v) is 9.66. The average molecular weight is 474 g/mol. The zero-order valence-corrected chi connectivity index (χ0v) is 20.1. The van der Waals surface area contributed by atoms with E-state index in [1.807, 2.05) is 53.4 Å². The molecule has 0 bridgehead atoms. The van der Waals surface area contributed by atoms with Crippen LogP contribution in [0.4, 0.5) is 5.69 Å². The Bertz CT molecular complexity index is 1330. The van der Waals surface area contributed by atoms with Crippen LogP contribution >= 0.6 is 11.3 Å². The molecule has 0 saturated carbocycles. The van der Waals surface area contributed by atoms with Gasteiger partial charge >= 0.3 is 0 Å². The van der Waals surface area contributed by atoms with E-state index in [2.05, 4.69) is 35.0 Å². The van der Waals surface area contributed by atoms with Gasteiger partial charge in [0.2, 0.25) is 5.91 Å². The van der Waals surface area contributed by atoms with Crippen molar-refractivity contribution < 1.29 is 14.3 Å². The van der Waals surface area contributed by atoms with Gasteiger partial charge in [0.15, 0.2) is 0 Å². The van der Waals surface area contributed by atoms with Gasteiger partial charge in [-0.05, 0) is 68.3 Å². The summed E-state index contributed by atoms with van der Waals surface area (Å²) in [6.45, 7) is 3.25. The van der Waals surface area contributed by atoms with Gasteiger partial charge in [-0.1, -0.05) is 18.2 Å². The number of carbonyl (C=O) groups is 2. The molecule has 2 amide bonds. The lowest BCUT2D eigenvalue weighted by Crippen LogP contribution is -2.41. The monoisotopic (exact) mass is 473 g/mol. The van der Waals surface area contributed by atoms with Crippen LogP contribution in [0.2, 0.25) is 0 Å². The summed E-state index contributed by atoms with van der Waals surface area (Å²) in [5, 5.41) is 5.21. The van der Waals surface area contributed by atoms with Gasteiger partial charge in [0.05, 0.1) is 17.5 Å². The smallest absolute Gasteiger partial charge is 0.263 e. The summed E-state index contributed by atoms with van der Waals surface area (Å²) in [6.07, 6.45) is 1.32. The maximum absolute atomic E-state index is 13.2. The third kappa shape index (κ3) is 4.31. The van der Waals surface area contributed by atoms with E-state index in [4.69, 9.17) is 4.74 Å². The number of likely N-dealkylation sites (tertiary alicyclic amines) is 1. The van der Waals surface area contributed by atoms with Crippen molar-refractivity contribution in [3.63, 3.8) is 0 Å². The summed E-state index contributed by atoms with van der Waals surface area (Å²) in [4.78, 5) is 28.5. The summed E-state index contributed by atoms with van der Waals surface area (Å²) in [5.74, 6) is 0.700. The van der Waals surface area contributed by atoms with Crippen molar-refractivity contribution in [3.8, 4) is 10.8 Å². The number of para-hydroxylation sites is 1. The molecule has 3 heterocycles. The van der Waals surface area contributed by atoms with Crippen LogP contribution in [0.1, 0.15) is 28.2 Å². The third-order valence-electron chi connectivity index (χ3n) is 6.43. The van der Waals surface area contributed by atoms with E-state index in [9.17, 15) is 9.59 Å². The highest BCUT2D eigenvalue weighted by Crippen LogP contribution is 2.30. The fraction of sp³-hybridized carbons (Fsp3) is 0.259. The van der Waals surface area contributed by atoms with Crippen molar-refractivity contribution in [1.29, 1.82) is 0 Å². The standard InChI is InChI=1S/C27H27N3O3S/c1-18-17-20-5-3-4-6-23(20)30(18)25-12-11-24(34-25)27(32)29-15-13-19(14-16-29)26(31)28-21-7-9-22(33-2)10-8-21/h3-12,17,19H,13-16H2,1-2H3,(H,28,31). The number of nitrogens with one attached hydrogen (secondary N) is 1. The Morgan fingerprint density at radius 1 is 1.00 bits per heavy atom. The van der Waals surface area contributed by atoms with Crippen LogP contribution in [-0.4, -0.2) is 41.5 Å². The van der Waals surface area contributed by atoms with E-state index in [1.54, 1.807) is 7.11 Å². The van der Waals surface area contributed by atoms with Gasteiger partial charge in [-0.15, -0.1) is 11.3 Å². The Balaban J connectivity index is 1.22. The lowest BCUT2D eigenvalue weighted by molar-refractivity contribution is -0.121. The minimum atomic E-state index is -0.0982. The molecule has 6 nitrogen and oxygen atoms in total. The topological polar surface area (TPSA) is 63.6 Å². The largest absolute Gasteiger partial charge is 0.497 e. The Labute approximate surface area is 202 Å². The fourth-order valence-electron chi connectivity index (χ4n) is 4.57. The van der Waals surface area contributed by atoms with Crippen LogP contribution < -0.4 is 10.1 Å². The molecule has 0 atom stereocenters. The quantitative estimate of drug-likeness (QED) is 0.416. The number of nitrogens with zero attached hydrogens (tertiary/aromatic N) is 2. The molecule has 1 saturated heterocycles. The van der Waals surface area contributed by atoms with E-state index in [0.29, 0.717) is 25.9 Å². The average Bonchev–Trinajstić information content (AvgIpc) is 3.47. The molecule has 1 N–H and O–H groups in total. The first kappa shape index (κ1) is 22.2. The zero-order valence-electron chi connectivity index (χ0n) is 19.3. The molecule has 4 aromatic rings. The Kier molecular flexibility index (Phi) is 6.11. The number of hydrogen-bond donors (Lipinski definition) is 1. The van der Waals surface area contributed by atoms with E-state index >= 15 is 0 Å². The lowest BCUT2D eigenvalue weighted by Gasteiger charge is -2.31. The minimum absolute atomic E-state index is 0.00522. The SMILES string of the molecule is COc1ccc(NC(=O)C2CCN(C(=O)c3ccc(-n4c(C)cc5ccccc54)s3)CC2)cc1. The summed E-state index contributed by atoms with van der Waals surface area (Å²) in [7, 11) is 1.61. The number of carbonyl (C=O) groups excluding carboxylic acids is 2. The van der Waals surface area contributed by atoms with Gasteiger partial charge in [0.1, 0.15) is 10.8 Å². The highest BCUT2D eigenvalue weighted by molar-refractivity contribution is 7.16. The Morgan fingerprint density at radius 3 is 2.47 bits per heavy atom. The summed E-state index contributed by atoms with van der Waals surface area (Å²) < 4.78 is 7.36. The molecular weight excluding hydrogens is 446 g/mol. The van der Waals surface area contributed by atoms with Crippen molar-refractivity contribution in [2.45, 2.75) is 19.8 Å². The molecule has 7 heteroatoms. The van der Waals surface area contributed by atoms with E-state index in [-0.39, 0.29) is 17.7 Å². The first-order valence-corrected chi connectivity index (χ1v) is 12.3. The molecule has 0 unspecified atom stereocenters. The van der Waals surface area contributed by atoms with Crippen molar-refractivity contribution in [3.05, 3.63) is 77.3 Å². The first-order chi connectivity index (χ1) is 16.5. The zero-order chi connectivity index (χ0) is 23.7. The summed E-state index contributed by atoms with van der Waals surface area (Å²) in [6, 6.07) is 21.7. The molecule has 5 rings (SSSR count). The van der Waals surface area contributed by atoms with Crippen LogP contribution in [0.3, 0.4) is 0 Å². The number of fused-ring (bicyclic) bond motifs is 1. The second kappa shape index (κ2) is 9.35. The molecule has 0 aliphatic carbocycles. The molecule has 0 radical (unpaired) electrons. The van der Waals surface area contributed by atoms with Crippen LogP contribution in [0.5, 0.6) is 5.75 Å². The van der Waals surface area contributed by atoms with Gasteiger partial charge in [0.25, 0.3) is 5.91 Å². The molecule has 2 aromatic carbocycles. The number of piperidine rings is 1. The normalized spacial score (nSPS) is 14.4. The van der Waals surface area contributed by atoms with Gasteiger partial charge in [-0.2, -0.15) is 0 Å². The molecule has 2 aromatic heterocycles. The predicted molar refractivity (Wildman–Crippen MR) is 136 cm³/mol. The van der Waals surface area contributed by atoms with Gasteiger partial charge in [-0.3, -0.25) is 9.59 Å². The van der Waals surface area contributed by atoms with E-state index in [0.717, 1.165) is 32.5 Å². The number of thiophene rings is 1. The number of rotatable bonds is 5. The maximum Gasteiger partial charge on any atom is 0.263 e. The molecule has 1 aliphatic heterocycles. The van der Waals surface area contributed by atoms with Crippen molar-refractivity contribution in [1.82, 2.24) is 9.47 Å². The number of hydrogen-bond acceptors (Lipinski definition) is 4. The lowest BCUT2D eigenvalue weighted by atomic mass is 9.95. The summed E-state index contributed by atoms with van der Waals surface area (Å²) >= 11 is 1.52. The number of methoxy groups -OCH3 is 1. The number of aromatic nitrogens is 1. The number of benzene rings is 2. The second-order valence-electron chi connectivity index (χ2n) is 8.60. The Morgan fingerprint density at radius 2 is 1.74 bits per heavy atom. The van der Waals surface area contributed by atoms with Crippen LogP contribution in [0.15, 0.2) is 66.7 Å². The van der Waals surface area contributed by atoms with Crippen LogP contribution in [-0.2, 0) is 4.79 Å². The van der Waals surface area contributed by atoms with Gasteiger partial charge < -0.3 is 19.5 Å². The Hall–Kier alpha value is -3.58. The maximum atomic E-state index is 13.2. The highest BCUT2D eigenvalue weighted by atomic mass is 32.1. The summed E-state index contributed by atoms with van der Waals surface area (Å²) in [5.41, 5.74) is 3.04. The number of anilines is 1. The molecule has 34 heavy (non-hydrogen) atoms. The molecule has 0 spiro atoms. The number of aryl methyl sites for hydroxylation is 1. The van der Waals surface area contributed by atoms with Gasteiger partial charge in [-0.25, -0.2) is 0 Å². The molecule has 1 aliphatic rings. The van der Waals surface area contributed by atoms with Crippen LogP contribution in [0, 0.1) is 12.8 Å². The van der Waals surface area contributed by atoms with Gasteiger partial charge in [0, 0.05) is 35.8 Å². The third-order valence-corrected chi connectivity index (χ3v) is 7.49. The van der Waals surface area contributed by atoms with E-state index < -0.39 is 0 Å². The van der Waals surface area contributed by atoms with Crippen LogP contribution in [0.25, 0.3) is 15.9 Å². The first-order valence-electron chi connectivity index (χ1n) is 11.4. The van der Waals surface area contributed by atoms with Crippen molar-refractivity contribution in [2.24, 2.45) is 5.92 Å². The van der Waals surface area contributed by atoms with Crippen molar-refractivity contribution >= 4 is 39.7 Å². The minimum Gasteiger partial charge on any atom is -0.497 e. The number of ether oxygens (including phenoxy) is 1. The molecule has 174 valence electrons.